The fourth-order valence-electron chi connectivity index (χ4n) is 3.35. The van der Waals surface area contributed by atoms with Gasteiger partial charge in [-0.05, 0) is 43.9 Å². The first kappa shape index (κ1) is 19.1. The van der Waals surface area contributed by atoms with E-state index in [9.17, 15) is 4.79 Å². The van der Waals surface area contributed by atoms with Crippen molar-refractivity contribution in [2.75, 3.05) is 19.8 Å². The largest absolute Gasteiger partial charge is 0.459 e. The molecule has 1 aliphatic heterocycles. The summed E-state index contributed by atoms with van der Waals surface area (Å²) in [4.78, 5) is 11.7. The van der Waals surface area contributed by atoms with E-state index in [4.69, 9.17) is 14.2 Å². The van der Waals surface area contributed by atoms with E-state index in [2.05, 4.69) is 35.7 Å². The summed E-state index contributed by atoms with van der Waals surface area (Å²) in [6.07, 6.45) is 4.94. The minimum absolute atomic E-state index is 0.215. The van der Waals surface area contributed by atoms with Gasteiger partial charge in [-0.1, -0.05) is 30.3 Å². The summed E-state index contributed by atoms with van der Waals surface area (Å²) in [5.41, 5.74) is 3.30. The zero-order valence-electron chi connectivity index (χ0n) is 16.0. The zero-order chi connectivity index (χ0) is 18.6. The van der Waals surface area contributed by atoms with Crippen LogP contribution >= 0.6 is 0 Å². The number of esters is 1. The molecule has 1 saturated heterocycles. The molecule has 0 bridgehead atoms. The minimum atomic E-state index is -0.443. The Hall–Kier alpha value is -1.69. The van der Waals surface area contributed by atoms with Crippen molar-refractivity contribution in [2.45, 2.75) is 58.0 Å². The zero-order valence-corrected chi connectivity index (χ0v) is 16.0. The van der Waals surface area contributed by atoms with Gasteiger partial charge in [-0.25, -0.2) is 0 Å². The monoisotopic (exact) mass is 359 g/mol. The predicted molar refractivity (Wildman–Crippen MR) is 100 cm³/mol. The molecular formula is C21H29NO4. The molecule has 1 aromatic carbocycles. The highest BCUT2D eigenvalue weighted by Crippen LogP contribution is 2.38. The second-order valence-electron chi connectivity index (χ2n) is 7.93. The molecule has 0 aromatic heterocycles. The molecule has 1 aliphatic carbocycles. The maximum atomic E-state index is 11.7. The summed E-state index contributed by atoms with van der Waals surface area (Å²) < 4.78 is 16.8. The molecule has 0 amide bonds. The van der Waals surface area contributed by atoms with Crippen LogP contribution in [0.3, 0.4) is 0 Å². The van der Waals surface area contributed by atoms with Crippen LogP contribution in [0.1, 0.15) is 51.2 Å². The van der Waals surface area contributed by atoms with Crippen molar-refractivity contribution in [3.05, 3.63) is 41.5 Å². The Morgan fingerprint density at radius 2 is 1.88 bits per heavy atom. The maximum absolute atomic E-state index is 11.7. The molecule has 0 unspecified atom stereocenters. The second kappa shape index (κ2) is 7.91. The number of carbonyl (C=O) groups is 1. The van der Waals surface area contributed by atoms with Gasteiger partial charge in [-0.15, -0.1) is 0 Å². The highest BCUT2D eigenvalue weighted by molar-refractivity contribution is 5.72. The average molecular weight is 359 g/mol. The standard InChI is InChI=1S/C21H29NO4/c1-20(2,3)26-19(23)15-22-14-16-4-6-17(7-5-16)18-8-10-21(11-9-18)24-12-13-25-21/h4-8,22H,9-15H2,1-3H3. The average Bonchev–Trinajstić information content (AvgIpc) is 3.03. The molecule has 1 spiro atoms. The van der Waals surface area contributed by atoms with E-state index in [0.717, 1.165) is 24.8 Å². The van der Waals surface area contributed by atoms with Gasteiger partial charge in [-0.2, -0.15) is 0 Å². The number of carbonyl (C=O) groups excluding carboxylic acids is 1. The first-order valence-corrected chi connectivity index (χ1v) is 9.34. The van der Waals surface area contributed by atoms with E-state index in [1.54, 1.807) is 0 Å². The first-order chi connectivity index (χ1) is 12.4. The van der Waals surface area contributed by atoms with E-state index in [1.807, 2.05) is 20.8 Å². The summed E-state index contributed by atoms with van der Waals surface area (Å²) in [5.74, 6) is -0.596. The molecule has 142 valence electrons. The third kappa shape index (κ3) is 5.16. The number of rotatable bonds is 5. The predicted octanol–water partition coefficient (Wildman–Crippen LogP) is 3.43. The summed E-state index contributed by atoms with van der Waals surface area (Å²) >= 11 is 0. The van der Waals surface area contributed by atoms with Gasteiger partial charge in [-0.3, -0.25) is 4.79 Å². The molecular weight excluding hydrogens is 330 g/mol. The Balaban J connectivity index is 1.48. The molecule has 2 aliphatic rings. The van der Waals surface area contributed by atoms with Gasteiger partial charge < -0.3 is 19.5 Å². The summed E-state index contributed by atoms with van der Waals surface area (Å²) in [7, 11) is 0. The highest BCUT2D eigenvalue weighted by atomic mass is 16.7. The lowest BCUT2D eigenvalue weighted by Crippen LogP contribution is -2.31. The number of nitrogens with one attached hydrogen (secondary N) is 1. The van der Waals surface area contributed by atoms with Gasteiger partial charge in [0.1, 0.15) is 5.60 Å². The van der Waals surface area contributed by atoms with Crippen LogP contribution in [-0.2, 0) is 25.5 Å². The van der Waals surface area contributed by atoms with Crippen molar-refractivity contribution >= 4 is 11.5 Å². The van der Waals surface area contributed by atoms with E-state index < -0.39 is 5.60 Å². The van der Waals surface area contributed by atoms with Gasteiger partial charge in [0.25, 0.3) is 0 Å². The van der Waals surface area contributed by atoms with Crippen LogP contribution < -0.4 is 5.32 Å². The van der Waals surface area contributed by atoms with Crippen molar-refractivity contribution in [3.8, 4) is 0 Å². The van der Waals surface area contributed by atoms with Crippen LogP contribution in [0.15, 0.2) is 30.3 Å². The molecule has 1 heterocycles. The first-order valence-electron chi connectivity index (χ1n) is 9.34. The van der Waals surface area contributed by atoms with E-state index in [1.165, 1.54) is 11.1 Å². The SMILES string of the molecule is CC(C)(C)OC(=O)CNCc1ccc(C2=CCC3(CC2)OCCO3)cc1. The molecule has 5 nitrogen and oxygen atoms in total. The molecule has 26 heavy (non-hydrogen) atoms. The molecule has 3 rings (SSSR count). The number of benzene rings is 1. The maximum Gasteiger partial charge on any atom is 0.320 e. The van der Waals surface area contributed by atoms with Crippen LogP contribution in [0, 0.1) is 0 Å². The molecule has 0 saturated carbocycles. The lowest BCUT2D eigenvalue weighted by atomic mass is 9.89. The Morgan fingerprint density at radius 1 is 1.19 bits per heavy atom. The molecule has 0 radical (unpaired) electrons. The molecule has 0 atom stereocenters. The Morgan fingerprint density at radius 3 is 2.46 bits per heavy atom. The highest BCUT2D eigenvalue weighted by Gasteiger charge is 2.37. The second-order valence-corrected chi connectivity index (χ2v) is 7.93. The van der Waals surface area contributed by atoms with Crippen molar-refractivity contribution in [1.82, 2.24) is 5.32 Å². The van der Waals surface area contributed by atoms with Crippen LogP contribution in [-0.4, -0.2) is 37.1 Å². The number of allylic oxidation sites excluding steroid dienone is 1. The van der Waals surface area contributed by atoms with Gasteiger partial charge >= 0.3 is 5.97 Å². The van der Waals surface area contributed by atoms with Gasteiger partial charge in [0.05, 0.1) is 19.8 Å². The molecule has 1 aromatic rings. The third-order valence-corrected chi connectivity index (χ3v) is 4.59. The summed E-state index contributed by atoms with van der Waals surface area (Å²) in [5, 5.41) is 3.13. The molecule has 1 fully saturated rings. The van der Waals surface area contributed by atoms with Crippen LogP contribution in [0.25, 0.3) is 5.57 Å². The Labute approximate surface area is 155 Å². The van der Waals surface area contributed by atoms with Crippen molar-refractivity contribution in [2.24, 2.45) is 0 Å². The van der Waals surface area contributed by atoms with Crippen LogP contribution in [0.2, 0.25) is 0 Å². The number of hydrogen-bond donors (Lipinski definition) is 1. The lowest BCUT2D eigenvalue weighted by Gasteiger charge is -2.30. The van der Waals surface area contributed by atoms with Gasteiger partial charge in [0.2, 0.25) is 0 Å². The van der Waals surface area contributed by atoms with Crippen LogP contribution in [0.5, 0.6) is 0 Å². The minimum Gasteiger partial charge on any atom is -0.459 e. The van der Waals surface area contributed by atoms with Gasteiger partial charge in [0.15, 0.2) is 5.79 Å². The smallest absolute Gasteiger partial charge is 0.320 e. The third-order valence-electron chi connectivity index (χ3n) is 4.59. The number of hydrogen-bond acceptors (Lipinski definition) is 5. The summed E-state index contributed by atoms with van der Waals surface area (Å²) in [6.45, 7) is 7.88. The molecule has 1 N–H and O–H groups in total. The quantitative estimate of drug-likeness (QED) is 0.817. The lowest BCUT2D eigenvalue weighted by molar-refractivity contribution is -0.159. The van der Waals surface area contributed by atoms with E-state index in [0.29, 0.717) is 19.8 Å². The summed E-state index contributed by atoms with van der Waals surface area (Å²) in [6, 6.07) is 8.49. The normalized spacial score (nSPS) is 19.4. The Kier molecular flexibility index (Phi) is 5.80. The van der Waals surface area contributed by atoms with Gasteiger partial charge in [0, 0.05) is 19.4 Å². The van der Waals surface area contributed by atoms with E-state index in [-0.39, 0.29) is 18.3 Å². The topological polar surface area (TPSA) is 56.8 Å². The molecule has 5 heteroatoms. The fourth-order valence-corrected chi connectivity index (χ4v) is 3.35. The van der Waals surface area contributed by atoms with Crippen LogP contribution in [0.4, 0.5) is 0 Å². The Bertz CT molecular complexity index is 652. The fraction of sp³-hybridized carbons (Fsp3) is 0.571. The van der Waals surface area contributed by atoms with Crippen molar-refractivity contribution in [3.63, 3.8) is 0 Å². The van der Waals surface area contributed by atoms with E-state index >= 15 is 0 Å². The van der Waals surface area contributed by atoms with Crippen molar-refractivity contribution in [1.29, 1.82) is 0 Å². The number of ether oxygens (including phenoxy) is 3. The van der Waals surface area contributed by atoms with Crippen molar-refractivity contribution < 1.29 is 19.0 Å².